The van der Waals surface area contributed by atoms with Crippen molar-refractivity contribution in [3.8, 4) is 0 Å². The first kappa shape index (κ1) is 21.4. The predicted octanol–water partition coefficient (Wildman–Crippen LogP) is 2.84. The van der Waals surface area contributed by atoms with E-state index in [2.05, 4.69) is 40.3 Å². The van der Waals surface area contributed by atoms with E-state index in [-0.39, 0.29) is 23.0 Å². The van der Waals surface area contributed by atoms with Crippen LogP contribution in [0.4, 0.5) is 5.69 Å². The normalized spacial score (nSPS) is 10.6. The second-order valence-electron chi connectivity index (χ2n) is 7.03. The molecule has 0 saturated heterocycles. The Bertz CT molecular complexity index is 1110. The highest BCUT2D eigenvalue weighted by molar-refractivity contribution is 7.80. The van der Waals surface area contributed by atoms with Gasteiger partial charge in [-0.05, 0) is 48.8 Å². The van der Waals surface area contributed by atoms with Gasteiger partial charge in [0, 0.05) is 18.1 Å². The monoisotopic (exact) mass is 423 g/mol. The Morgan fingerprint density at radius 2 is 1.77 bits per heavy atom. The predicted molar refractivity (Wildman–Crippen MR) is 123 cm³/mol. The molecule has 1 heterocycles. The number of rotatable bonds is 6. The van der Waals surface area contributed by atoms with Crippen LogP contribution in [0.1, 0.15) is 31.0 Å². The maximum atomic E-state index is 12.4. The summed E-state index contributed by atoms with van der Waals surface area (Å²) in [5, 5.41) is 8.75. The number of unbranched alkanes of at least 4 members (excludes halogenated alkanes) is 1. The number of aromatic nitrogens is 2. The van der Waals surface area contributed by atoms with E-state index in [9.17, 15) is 9.59 Å². The van der Waals surface area contributed by atoms with Gasteiger partial charge in [0.1, 0.15) is 0 Å². The molecule has 0 bridgehead atoms. The van der Waals surface area contributed by atoms with Crippen LogP contribution in [0, 0.1) is 0 Å². The van der Waals surface area contributed by atoms with Gasteiger partial charge in [-0.15, -0.1) is 0 Å². The number of hydrazine groups is 1. The van der Waals surface area contributed by atoms with E-state index < -0.39 is 0 Å². The lowest BCUT2D eigenvalue weighted by molar-refractivity contribution is -0.121. The third-order valence-electron chi connectivity index (χ3n) is 4.71. The highest BCUT2D eigenvalue weighted by Gasteiger charge is 2.12. The minimum atomic E-state index is -0.314. The van der Waals surface area contributed by atoms with Crippen LogP contribution < -0.4 is 21.7 Å². The van der Waals surface area contributed by atoms with Crippen molar-refractivity contribution in [2.45, 2.75) is 32.6 Å². The minimum Gasteiger partial charge on any atom is -0.331 e. The molecule has 3 aromatic rings. The second kappa shape index (κ2) is 9.98. The van der Waals surface area contributed by atoms with Crippen LogP contribution in [-0.2, 0) is 24.7 Å². The third kappa shape index (κ3) is 5.42. The van der Waals surface area contributed by atoms with Gasteiger partial charge in [0.05, 0.1) is 17.5 Å². The number of aryl methyl sites for hydroxylation is 2. The standard InChI is InChI=1S/C22H25N5O2S/c1-3-4-7-15-10-12-16(13-11-15)23-22(30)25-24-20(28)14-19-17-8-5-6-9-18(17)21(29)27(2)26-19/h5-6,8-13H,3-4,7,14H2,1-2H3,(H,24,28)(H2,23,25,30). The van der Waals surface area contributed by atoms with Crippen LogP contribution in [0.2, 0.25) is 0 Å². The fourth-order valence-electron chi connectivity index (χ4n) is 3.13. The molecule has 0 radical (unpaired) electrons. The number of nitrogens with zero attached hydrogens (tertiary/aromatic N) is 2. The summed E-state index contributed by atoms with van der Waals surface area (Å²) in [5.74, 6) is -0.314. The average Bonchev–Trinajstić information content (AvgIpc) is 2.75. The molecule has 0 saturated carbocycles. The van der Waals surface area contributed by atoms with Crippen molar-refractivity contribution in [1.29, 1.82) is 0 Å². The van der Waals surface area contributed by atoms with Crippen LogP contribution in [0.3, 0.4) is 0 Å². The number of hydrogen-bond donors (Lipinski definition) is 3. The van der Waals surface area contributed by atoms with Crippen molar-refractivity contribution in [1.82, 2.24) is 20.6 Å². The van der Waals surface area contributed by atoms with Gasteiger partial charge < -0.3 is 5.32 Å². The summed E-state index contributed by atoms with van der Waals surface area (Å²) in [5.41, 5.74) is 7.72. The first-order valence-electron chi connectivity index (χ1n) is 9.87. The summed E-state index contributed by atoms with van der Waals surface area (Å²) >= 11 is 5.24. The topological polar surface area (TPSA) is 88.0 Å². The molecular formula is C22H25N5O2S. The lowest BCUT2D eigenvalue weighted by Gasteiger charge is -2.13. The summed E-state index contributed by atoms with van der Waals surface area (Å²) < 4.78 is 1.24. The van der Waals surface area contributed by atoms with E-state index in [1.165, 1.54) is 16.7 Å². The maximum absolute atomic E-state index is 12.4. The van der Waals surface area contributed by atoms with Crippen LogP contribution in [0.15, 0.2) is 53.3 Å². The van der Waals surface area contributed by atoms with E-state index in [4.69, 9.17) is 12.2 Å². The molecule has 156 valence electrons. The summed E-state index contributed by atoms with van der Waals surface area (Å²) in [6.07, 6.45) is 3.40. The Morgan fingerprint density at radius 3 is 2.47 bits per heavy atom. The minimum absolute atomic E-state index is 0.0103. The zero-order valence-electron chi connectivity index (χ0n) is 17.1. The van der Waals surface area contributed by atoms with E-state index in [0.29, 0.717) is 16.5 Å². The SMILES string of the molecule is CCCCc1ccc(NC(=S)NNC(=O)Cc2nn(C)c(=O)c3ccccc23)cc1. The molecule has 30 heavy (non-hydrogen) atoms. The van der Waals surface area contributed by atoms with Gasteiger partial charge in [-0.1, -0.05) is 43.7 Å². The Labute approximate surface area is 180 Å². The van der Waals surface area contributed by atoms with Crippen LogP contribution >= 0.6 is 12.2 Å². The molecule has 0 aliphatic heterocycles. The van der Waals surface area contributed by atoms with Crippen molar-refractivity contribution in [2.75, 3.05) is 5.32 Å². The van der Waals surface area contributed by atoms with Gasteiger partial charge in [0.25, 0.3) is 5.56 Å². The lowest BCUT2D eigenvalue weighted by atomic mass is 10.1. The molecule has 3 N–H and O–H groups in total. The first-order chi connectivity index (χ1) is 14.5. The number of anilines is 1. The summed E-state index contributed by atoms with van der Waals surface area (Å²) in [6.45, 7) is 2.17. The number of benzene rings is 2. The van der Waals surface area contributed by atoms with Crippen molar-refractivity contribution >= 4 is 39.7 Å². The summed E-state index contributed by atoms with van der Waals surface area (Å²) in [7, 11) is 1.57. The molecule has 0 unspecified atom stereocenters. The van der Waals surface area contributed by atoms with Crippen LogP contribution in [0.25, 0.3) is 10.8 Å². The van der Waals surface area contributed by atoms with Gasteiger partial charge in [0.15, 0.2) is 5.11 Å². The largest absolute Gasteiger partial charge is 0.331 e. The molecule has 7 nitrogen and oxygen atoms in total. The van der Waals surface area contributed by atoms with Gasteiger partial charge in [-0.2, -0.15) is 5.10 Å². The fraction of sp³-hybridized carbons (Fsp3) is 0.273. The number of hydrogen-bond acceptors (Lipinski definition) is 4. The number of fused-ring (bicyclic) bond motifs is 1. The Hall–Kier alpha value is -3.26. The van der Waals surface area contributed by atoms with E-state index in [1.54, 1.807) is 25.2 Å². The highest BCUT2D eigenvalue weighted by Crippen LogP contribution is 2.14. The molecule has 0 atom stereocenters. The zero-order valence-corrected chi connectivity index (χ0v) is 17.9. The smallest absolute Gasteiger partial charge is 0.274 e. The van der Waals surface area contributed by atoms with Gasteiger partial charge in [-0.3, -0.25) is 20.4 Å². The molecule has 0 spiro atoms. The van der Waals surface area contributed by atoms with Crippen molar-refractivity contribution in [2.24, 2.45) is 7.05 Å². The van der Waals surface area contributed by atoms with Crippen molar-refractivity contribution in [3.05, 3.63) is 70.1 Å². The van der Waals surface area contributed by atoms with Crippen molar-refractivity contribution in [3.63, 3.8) is 0 Å². The molecule has 0 fully saturated rings. The number of carbonyl (C=O) groups excluding carboxylic acids is 1. The van der Waals surface area contributed by atoms with Crippen LogP contribution in [-0.4, -0.2) is 20.8 Å². The van der Waals surface area contributed by atoms with Crippen molar-refractivity contribution < 1.29 is 4.79 Å². The van der Waals surface area contributed by atoms with E-state index in [1.807, 2.05) is 18.2 Å². The first-order valence-corrected chi connectivity index (χ1v) is 10.3. The van der Waals surface area contributed by atoms with E-state index >= 15 is 0 Å². The van der Waals surface area contributed by atoms with Gasteiger partial charge in [-0.25, -0.2) is 4.68 Å². The summed E-state index contributed by atoms with van der Waals surface area (Å²) in [6, 6.07) is 15.2. The number of thiocarbonyl (C=S) groups is 1. The van der Waals surface area contributed by atoms with Crippen LogP contribution in [0.5, 0.6) is 0 Å². The Morgan fingerprint density at radius 1 is 1.07 bits per heavy atom. The molecule has 8 heteroatoms. The molecule has 1 aromatic heterocycles. The molecule has 1 amide bonds. The number of amides is 1. The molecule has 0 aliphatic carbocycles. The number of carbonyl (C=O) groups is 1. The lowest BCUT2D eigenvalue weighted by Crippen LogP contribution is -2.44. The Balaban J connectivity index is 1.56. The van der Waals surface area contributed by atoms with Gasteiger partial charge >= 0.3 is 0 Å². The second-order valence-corrected chi connectivity index (χ2v) is 7.43. The average molecular weight is 424 g/mol. The quantitative estimate of drug-likeness (QED) is 0.417. The fourth-order valence-corrected chi connectivity index (χ4v) is 3.30. The van der Waals surface area contributed by atoms with E-state index in [0.717, 1.165) is 18.5 Å². The van der Waals surface area contributed by atoms with Gasteiger partial charge in [0.2, 0.25) is 5.91 Å². The molecular weight excluding hydrogens is 398 g/mol. The highest BCUT2D eigenvalue weighted by atomic mass is 32.1. The molecule has 3 rings (SSSR count). The number of nitrogens with one attached hydrogen (secondary N) is 3. The molecule has 2 aromatic carbocycles. The zero-order chi connectivity index (χ0) is 21.5. The molecule has 0 aliphatic rings. The Kier molecular flexibility index (Phi) is 7.13. The third-order valence-corrected chi connectivity index (χ3v) is 4.91. The summed E-state index contributed by atoms with van der Waals surface area (Å²) in [4.78, 5) is 24.6. The maximum Gasteiger partial charge on any atom is 0.274 e.